The fourth-order valence-electron chi connectivity index (χ4n) is 2.08. The monoisotopic (exact) mass is 292 g/mol. The number of carboxylic acids is 1. The van der Waals surface area contributed by atoms with Crippen LogP contribution in [0.3, 0.4) is 0 Å². The maximum absolute atomic E-state index is 12.1. The van der Waals surface area contributed by atoms with Crippen LogP contribution >= 0.6 is 0 Å². The van der Waals surface area contributed by atoms with Gasteiger partial charge in [-0.1, -0.05) is 25.1 Å². The van der Waals surface area contributed by atoms with Crippen molar-refractivity contribution in [2.24, 2.45) is 0 Å². The molecule has 1 aromatic carbocycles. The molecule has 0 aliphatic rings. The minimum absolute atomic E-state index is 0.0387. The summed E-state index contributed by atoms with van der Waals surface area (Å²) in [5.41, 5.74) is 1.92. The SMILES string of the molecule is CCc1ccccc1NC(=O)CN(CCC(=O)O)C(C)C. The molecule has 5 nitrogen and oxygen atoms in total. The number of rotatable bonds is 8. The molecule has 0 aliphatic carbocycles. The maximum atomic E-state index is 12.1. The first kappa shape index (κ1) is 17.2. The van der Waals surface area contributed by atoms with E-state index in [1.165, 1.54) is 0 Å². The van der Waals surface area contributed by atoms with Crippen LogP contribution in [-0.2, 0) is 16.0 Å². The molecule has 0 atom stereocenters. The van der Waals surface area contributed by atoms with E-state index in [9.17, 15) is 9.59 Å². The summed E-state index contributed by atoms with van der Waals surface area (Å²) in [7, 11) is 0. The van der Waals surface area contributed by atoms with E-state index < -0.39 is 5.97 Å². The summed E-state index contributed by atoms with van der Waals surface area (Å²) in [5, 5.41) is 11.7. The van der Waals surface area contributed by atoms with Crippen molar-refractivity contribution in [3.63, 3.8) is 0 Å². The topological polar surface area (TPSA) is 69.6 Å². The largest absolute Gasteiger partial charge is 0.481 e. The van der Waals surface area contributed by atoms with Crippen LogP contribution in [0.5, 0.6) is 0 Å². The van der Waals surface area contributed by atoms with Gasteiger partial charge in [0.25, 0.3) is 0 Å². The number of aliphatic carboxylic acids is 1. The van der Waals surface area contributed by atoms with Crippen molar-refractivity contribution in [2.75, 3.05) is 18.4 Å². The average molecular weight is 292 g/mol. The average Bonchev–Trinajstić information content (AvgIpc) is 2.43. The lowest BCUT2D eigenvalue weighted by atomic mass is 10.1. The van der Waals surface area contributed by atoms with Gasteiger partial charge in [-0.2, -0.15) is 0 Å². The molecular formula is C16H24N2O3. The van der Waals surface area contributed by atoms with Crippen molar-refractivity contribution < 1.29 is 14.7 Å². The van der Waals surface area contributed by atoms with Gasteiger partial charge < -0.3 is 10.4 Å². The van der Waals surface area contributed by atoms with Gasteiger partial charge >= 0.3 is 5.97 Å². The Bertz CT molecular complexity index is 486. The Balaban J connectivity index is 2.63. The molecule has 0 bridgehead atoms. The normalized spacial score (nSPS) is 10.9. The molecule has 0 radical (unpaired) electrons. The smallest absolute Gasteiger partial charge is 0.304 e. The molecule has 1 rings (SSSR count). The first-order valence-electron chi connectivity index (χ1n) is 7.27. The van der Waals surface area contributed by atoms with E-state index in [0.717, 1.165) is 17.7 Å². The van der Waals surface area contributed by atoms with Gasteiger partial charge in [-0.3, -0.25) is 14.5 Å². The van der Waals surface area contributed by atoms with Gasteiger partial charge in [0.05, 0.1) is 13.0 Å². The molecule has 21 heavy (non-hydrogen) atoms. The maximum Gasteiger partial charge on any atom is 0.304 e. The van der Waals surface area contributed by atoms with Gasteiger partial charge in [-0.15, -0.1) is 0 Å². The summed E-state index contributed by atoms with van der Waals surface area (Å²) in [6.07, 6.45) is 0.889. The van der Waals surface area contributed by atoms with Crippen molar-refractivity contribution in [3.05, 3.63) is 29.8 Å². The van der Waals surface area contributed by atoms with Crippen LogP contribution in [-0.4, -0.2) is 41.0 Å². The van der Waals surface area contributed by atoms with E-state index >= 15 is 0 Å². The molecule has 0 aliphatic heterocycles. The Hall–Kier alpha value is -1.88. The highest BCUT2D eigenvalue weighted by Gasteiger charge is 2.15. The highest BCUT2D eigenvalue weighted by Crippen LogP contribution is 2.15. The molecule has 1 aromatic rings. The molecule has 0 saturated carbocycles. The van der Waals surface area contributed by atoms with Gasteiger partial charge in [-0.05, 0) is 31.9 Å². The number of aryl methyl sites for hydroxylation is 1. The molecule has 2 N–H and O–H groups in total. The Morgan fingerprint density at radius 3 is 2.52 bits per heavy atom. The second kappa shape index (κ2) is 8.42. The molecule has 0 fully saturated rings. The van der Waals surface area contributed by atoms with E-state index in [1.54, 1.807) is 0 Å². The van der Waals surface area contributed by atoms with Crippen LogP contribution in [0, 0.1) is 0 Å². The lowest BCUT2D eigenvalue weighted by Crippen LogP contribution is -2.39. The van der Waals surface area contributed by atoms with Crippen LogP contribution in [0.2, 0.25) is 0 Å². The number of hydrogen-bond acceptors (Lipinski definition) is 3. The minimum atomic E-state index is -0.850. The number of benzene rings is 1. The molecule has 0 saturated heterocycles. The summed E-state index contributed by atoms with van der Waals surface area (Å²) < 4.78 is 0. The van der Waals surface area contributed by atoms with Crippen LogP contribution in [0.4, 0.5) is 5.69 Å². The Morgan fingerprint density at radius 2 is 1.95 bits per heavy atom. The number of hydrogen-bond donors (Lipinski definition) is 2. The number of nitrogens with zero attached hydrogens (tertiary/aromatic N) is 1. The predicted molar refractivity (Wildman–Crippen MR) is 83.4 cm³/mol. The summed E-state index contributed by atoms with van der Waals surface area (Å²) in [6, 6.07) is 7.83. The first-order chi connectivity index (χ1) is 9.93. The molecule has 0 unspecified atom stereocenters. The fraction of sp³-hybridized carbons (Fsp3) is 0.500. The highest BCUT2D eigenvalue weighted by atomic mass is 16.4. The summed E-state index contributed by atoms with van der Waals surface area (Å²) in [4.78, 5) is 24.7. The zero-order valence-electron chi connectivity index (χ0n) is 12.9. The molecular weight excluding hydrogens is 268 g/mol. The van der Waals surface area contributed by atoms with E-state index in [-0.39, 0.29) is 24.9 Å². The number of para-hydroxylation sites is 1. The van der Waals surface area contributed by atoms with E-state index in [0.29, 0.717) is 6.54 Å². The number of nitrogens with one attached hydrogen (secondary N) is 1. The number of carbonyl (C=O) groups excluding carboxylic acids is 1. The zero-order chi connectivity index (χ0) is 15.8. The van der Waals surface area contributed by atoms with Gasteiger partial charge in [0.15, 0.2) is 0 Å². The lowest BCUT2D eigenvalue weighted by molar-refractivity contribution is -0.137. The van der Waals surface area contributed by atoms with Gasteiger partial charge in [0, 0.05) is 18.3 Å². The second-order valence-corrected chi connectivity index (χ2v) is 5.27. The van der Waals surface area contributed by atoms with Gasteiger partial charge in [0.1, 0.15) is 0 Å². The fourth-order valence-corrected chi connectivity index (χ4v) is 2.08. The molecule has 0 aromatic heterocycles. The van der Waals surface area contributed by atoms with Crippen molar-refractivity contribution in [1.82, 2.24) is 4.90 Å². The van der Waals surface area contributed by atoms with E-state index in [1.807, 2.05) is 49.9 Å². The Kier molecular flexibility index (Phi) is 6.88. The summed E-state index contributed by atoms with van der Waals surface area (Å²) >= 11 is 0. The summed E-state index contributed by atoms with van der Waals surface area (Å²) in [6.45, 7) is 6.52. The third-order valence-electron chi connectivity index (χ3n) is 3.36. The number of anilines is 1. The quantitative estimate of drug-likeness (QED) is 0.772. The molecule has 1 amide bonds. The van der Waals surface area contributed by atoms with Crippen molar-refractivity contribution in [3.8, 4) is 0 Å². The van der Waals surface area contributed by atoms with Crippen LogP contribution in [0.15, 0.2) is 24.3 Å². The number of carbonyl (C=O) groups is 2. The van der Waals surface area contributed by atoms with Crippen molar-refractivity contribution in [2.45, 2.75) is 39.7 Å². The van der Waals surface area contributed by atoms with Gasteiger partial charge in [0.2, 0.25) is 5.91 Å². The van der Waals surface area contributed by atoms with Crippen LogP contribution in [0.25, 0.3) is 0 Å². The van der Waals surface area contributed by atoms with E-state index in [2.05, 4.69) is 5.32 Å². The molecule has 0 spiro atoms. The summed E-state index contributed by atoms with van der Waals surface area (Å²) in [5.74, 6) is -0.965. The Morgan fingerprint density at radius 1 is 1.29 bits per heavy atom. The van der Waals surface area contributed by atoms with Crippen molar-refractivity contribution in [1.29, 1.82) is 0 Å². The van der Waals surface area contributed by atoms with Crippen molar-refractivity contribution >= 4 is 17.6 Å². The zero-order valence-corrected chi connectivity index (χ0v) is 12.9. The third-order valence-corrected chi connectivity index (χ3v) is 3.36. The number of amides is 1. The van der Waals surface area contributed by atoms with Crippen LogP contribution < -0.4 is 5.32 Å². The van der Waals surface area contributed by atoms with Crippen LogP contribution in [0.1, 0.15) is 32.8 Å². The standard InChI is InChI=1S/C16H24N2O3/c1-4-13-7-5-6-8-14(13)17-15(19)11-18(12(2)3)10-9-16(20)21/h5-8,12H,4,9-11H2,1-3H3,(H,17,19)(H,20,21). The predicted octanol–water partition coefficient (Wildman–Crippen LogP) is 2.37. The highest BCUT2D eigenvalue weighted by molar-refractivity contribution is 5.93. The molecule has 116 valence electrons. The molecule has 5 heteroatoms. The lowest BCUT2D eigenvalue weighted by Gasteiger charge is -2.25. The van der Waals surface area contributed by atoms with Gasteiger partial charge in [-0.25, -0.2) is 0 Å². The molecule has 0 heterocycles. The minimum Gasteiger partial charge on any atom is -0.481 e. The van der Waals surface area contributed by atoms with E-state index in [4.69, 9.17) is 5.11 Å². The number of carboxylic acid groups (broad SMARTS) is 1. The third kappa shape index (κ3) is 5.95. The Labute approximate surface area is 126 Å². The second-order valence-electron chi connectivity index (χ2n) is 5.27. The first-order valence-corrected chi connectivity index (χ1v) is 7.27.